The van der Waals surface area contributed by atoms with Crippen molar-refractivity contribution in [3.63, 3.8) is 0 Å². The third-order valence-electron chi connectivity index (χ3n) is 1.84. The van der Waals surface area contributed by atoms with E-state index in [0.717, 1.165) is 26.3 Å². The van der Waals surface area contributed by atoms with Crippen LogP contribution in [0.3, 0.4) is 0 Å². The molecule has 0 saturated carbocycles. The van der Waals surface area contributed by atoms with Gasteiger partial charge in [0.2, 0.25) is 0 Å². The maximum Gasteiger partial charge on any atom is 0.0491 e. The van der Waals surface area contributed by atoms with Gasteiger partial charge in [-0.3, -0.25) is 0 Å². The molecule has 2 N–H and O–H groups in total. The van der Waals surface area contributed by atoms with Gasteiger partial charge in [-0.1, -0.05) is 11.6 Å². The van der Waals surface area contributed by atoms with Crippen molar-refractivity contribution < 1.29 is 0 Å². The number of rotatable bonds is 0. The van der Waals surface area contributed by atoms with Gasteiger partial charge >= 0.3 is 0 Å². The first-order valence-corrected chi connectivity index (χ1v) is 4.41. The van der Waals surface area contributed by atoms with E-state index < -0.39 is 0 Å². The molecule has 1 nitrogen and oxygen atoms in total. The lowest BCUT2D eigenvalue weighted by atomic mass is 10.1. The van der Waals surface area contributed by atoms with Gasteiger partial charge in [0.1, 0.15) is 0 Å². The Morgan fingerprint density at radius 2 is 1.91 bits per heavy atom. The molecule has 1 aromatic rings. The van der Waals surface area contributed by atoms with Gasteiger partial charge in [0, 0.05) is 15.2 Å². The van der Waals surface area contributed by atoms with Gasteiger partial charge in [-0.25, -0.2) is 0 Å². The molecule has 0 fully saturated rings. The highest BCUT2D eigenvalue weighted by molar-refractivity contribution is 9.10. The summed E-state index contributed by atoms with van der Waals surface area (Å²) in [6, 6.07) is 1.82. The predicted molar refractivity (Wildman–Crippen MR) is 53.0 cm³/mol. The number of benzene rings is 1. The Kier molecular flexibility index (Phi) is 2.45. The van der Waals surface area contributed by atoms with E-state index >= 15 is 0 Å². The lowest BCUT2D eigenvalue weighted by molar-refractivity contribution is 1.33. The van der Waals surface area contributed by atoms with Crippen LogP contribution in [0.25, 0.3) is 0 Å². The highest BCUT2D eigenvalue weighted by Crippen LogP contribution is 2.30. The van der Waals surface area contributed by atoms with Gasteiger partial charge in [0.15, 0.2) is 0 Å². The quantitative estimate of drug-likeness (QED) is 0.685. The summed E-state index contributed by atoms with van der Waals surface area (Å²) in [5.41, 5.74) is 8.61. The standard InChI is InChI=1S/C8H9BrClN/c1-4-5(2)8(11)6(9)3-7(4)10/h3H,11H2,1-2H3. The molecule has 0 aromatic heterocycles. The highest BCUT2D eigenvalue weighted by atomic mass is 79.9. The summed E-state index contributed by atoms with van der Waals surface area (Å²) < 4.78 is 0.866. The first-order chi connectivity index (χ1) is 5.04. The lowest BCUT2D eigenvalue weighted by Gasteiger charge is -2.07. The predicted octanol–water partition coefficient (Wildman–Crippen LogP) is 3.30. The molecule has 0 radical (unpaired) electrons. The number of hydrogen-bond donors (Lipinski definition) is 1. The fourth-order valence-electron chi connectivity index (χ4n) is 0.858. The molecule has 60 valence electrons. The first kappa shape index (κ1) is 8.88. The number of anilines is 1. The van der Waals surface area contributed by atoms with E-state index in [9.17, 15) is 0 Å². The van der Waals surface area contributed by atoms with Crippen LogP contribution < -0.4 is 5.73 Å². The highest BCUT2D eigenvalue weighted by Gasteiger charge is 2.05. The number of hydrogen-bond acceptors (Lipinski definition) is 1. The third kappa shape index (κ3) is 1.52. The van der Waals surface area contributed by atoms with Crippen molar-refractivity contribution in [2.45, 2.75) is 13.8 Å². The van der Waals surface area contributed by atoms with Crippen molar-refractivity contribution in [3.05, 3.63) is 26.7 Å². The first-order valence-electron chi connectivity index (χ1n) is 3.24. The molecule has 0 heterocycles. The second-order valence-electron chi connectivity index (χ2n) is 2.50. The minimum Gasteiger partial charge on any atom is -0.398 e. The smallest absolute Gasteiger partial charge is 0.0491 e. The summed E-state index contributed by atoms with van der Waals surface area (Å²) in [5.74, 6) is 0. The van der Waals surface area contributed by atoms with E-state index in [0.29, 0.717) is 0 Å². The van der Waals surface area contributed by atoms with Crippen molar-refractivity contribution in [2.24, 2.45) is 0 Å². The van der Waals surface area contributed by atoms with Crippen LogP contribution in [0.15, 0.2) is 10.5 Å². The average molecular weight is 235 g/mol. The molecule has 0 bridgehead atoms. The monoisotopic (exact) mass is 233 g/mol. The van der Waals surface area contributed by atoms with E-state index in [4.69, 9.17) is 17.3 Å². The largest absolute Gasteiger partial charge is 0.398 e. The zero-order valence-corrected chi connectivity index (χ0v) is 8.75. The van der Waals surface area contributed by atoms with Crippen LogP contribution in [0.4, 0.5) is 5.69 Å². The van der Waals surface area contributed by atoms with Crippen LogP contribution in [0.2, 0.25) is 5.02 Å². The second-order valence-corrected chi connectivity index (χ2v) is 3.77. The van der Waals surface area contributed by atoms with Crippen LogP contribution >= 0.6 is 27.5 Å². The second kappa shape index (κ2) is 3.03. The molecular weight excluding hydrogens is 225 g/mol. The molecule has 0 amide bonds. The van der Waals surface area contributed by atoms with Crippen molar-refractivity contribution in [1.29, 1.82) is 0 Å². The third-order valence-corrected chi connectivity index (χ3v) is 2.88. The molecule has 3 heteroatoms. The Balaban J connectivity index is 3.46. The zero-order chi connectivity index (χ0) is 8.59. The maximum absolute atomic E-state index is 5.91. The summed E-state index contributed by atoms with van der Waals surface area (Å²) in [7, 11) is 0. The van der Waals surface area contributed by atoms with Crippen LogP contribution in [-0.2, 0) is 0 Å². The number of halogens is 2. The summed E-state index contributed by atoms with van der Waals surface area (Å²) in [4.78, 5) is 0. The molecule has 11 heavy (non-hydrogen) atoms. The molecule has 0 saturated heterocycles. The van der Waals surface area contributed by atoms with E-state index in [1.807, 2.05) is 19.9 Å². The van der Waals surface area contributed by atoms with Gasteiger partial charge in [-0.15, -0.1) is 0 Å². The van der Waals surface area contributed by atoms with E-state index in [1.165, 1.54) is 0 Å². The molecule has 0 unspecified atom stereocenters. The Labute approximate surface area is 79.7 Å². The van der Waals surface area contributed by atoms with Crippen LogP contribution in [0.5, 0.6) is 0 Å². The van der Waals surface area contributed by atoms with Crippen molar-refractivity contribution in [1.82, 2.24) is 0 Å². The topological polar surface area (TPSA) is 26.0 Å². The minimum atomic E-state index is 0.753. The van der Waals surface area contributed by atoms with E-state index in [-0.39, 0.29) is 0 Å². The van der Waals surface area contributed by atoms with E-state index in [1.54, 1.807) is 0 Å². The SMILES string of the molecule is Cc1c(Cl)cc(Br)c(N)c1C. The Morgan fingerprint density at radius 3 is 2.45 bits per heavy atom. The molecule has 0 aliphatic rings. The van der Waals surface area contributed by atoms with E-state index in [2.05, 4.69) is 15.9 Å². The Hall–Kier alpha value is -0.210. The fourth-order valence-corrected chi connectivity index (χ4v) is 1.77. The maximum atomic E-state index is 5.91. The van der Waals surface area contributed by atoms with Crippen LogP contribution in [0.1, 0.15) is 11.1 Å². The van der Waals surface area contributed by atoms with Gasteiger partial charge in [0.05, 0.1) is 0 Å². The van der Waals surface area contributed by atoms with Crippen LogP contribution in [0, 0.1) is 13.8 Å². The van der Waals surface area contributed by atoms with Crippen LogP contribution in [-0.4, -0.2) is 0 Å². The van der Waals surface area contributed by atoms with Gasteiger partial charge in [0.25, 0.3) is 0 Å². The Morgan fingerprint density at radius 1 is 1.36 bits per heavy atom. The van der Waals surface area contributed by atoms with Crippen molar-refractivity contribution in [2.75, 3.05) is 5.73 Å². The van der Waals surface area contributed by atoms with Gasteiger partial charge in [-0.2, -0.15) is 0 Å². The van der Waals surface area contributed by atoms with Gasteiger partial charge in [-0.05, 0) is 47.0 Å². The normalized spacial score (nSPS) is 10.2. The zero-order valence-electron chi connectivity index (χ0n) is 6.41. The molecule has 1 rings (SSSR count). The molecule has 1 aromatic carbocycles. The summed E-state index contributed by atoms with van der Waals surface area (Å²) >= 11 is 9.23. The fraction of sp³-hybridized carbons (Fsp3) is 0.250. The molecule has 0 aliphatic carbocycles. The minimum absolute atomic E-state index is 0.753. The summed E-state index contributed by atoms with van der Waals surface area (Å²) in [6.45, 7) is 3.92. The lowest BCUT2D eigenvalue weighted by Crippen LogP contribution is -1.94. The number of nitrogen functional groups attached to an aromatic ring is 1. The van der Waals surface area contributed by atoms with Gasteiger partial charge < -0.3 is 5.73 Å². The summed E-state index contributed by atoms with van der Waals surface area (Å²) in [6.07, 6.45) is 0. The average Bonchev–Trinajstić information content (AvgIpc) is 1.97. The van der Waals surface area contributed by atoms with Crippen molar-refractivity contribution >= 4 is 33.2 Å². The number of nitrogens with two attached hydrogens (primary N) is 1. The summed E-state index contributed by atoms with van der Waals surface area (Å²) in [5, 5.41) is 0.753. The molecule has 0 atom stereocenters. The van der Waals surface area contributed by atoms with Crippen molar-refractivity contribution in [3.8, 4) is 0 Å². The Bertz CT molecular complexity index is 270. The molecule has 0 spiro atoms. The molecule has 0 aliphatic heterocycles. The molecular formula is C8H9BrClN.